The van der Waals surface area contributed by atoms with Gasteiger partial charge in [-0.25, -0.2) is 4.39 Å². The Labute approximate surface area is 107 Å². The Morgan fingerprint density at radius 3 is 2.82 bits per heavy atom. The van der Waals surface area contributed by atoms with E-state index in [0.29, 0.717) is 5.02 Å². The van der Waals surface area contributed by atoms with Crippen molar-refractivity contribution in [2.45, 2.75) is 25.8 Å². The van der Waals surface area contributed by atoms with E-state index in [-0.39, 0.29) is 11.9 Å². The van der Waals surface area contributed by atoms with Gasteiger partial charge in [0.25, 0.3) is 0 Å². The number of nitrogens with one attached hydrogen (secondary N) is 1. The molecule has 0 aromatic heterocycles. The molecule has 0 spiro atoms. The van der Waals surface area contributed by atoms with E-state index in [2.05, 4.69) is 5.32 Å². The van der Waals surface area contributed by atoms with Crippen molar-refractivity contribution in [2.75, 3.05) is 20.3 Å². The van der Waals surface area contributed by atoms with Crippen LogP contribution in [0.25, 0.3) is 0 Å². The molecule has 1 aromatic carbocycles. The van der Waals surface area contributed by atoms with E-state index >= 15 is 0 Å². The summed E-state index contributed by atoms with van der Waals surface area (Å²) >= 11 is 5.99. The number of halogens is 2. The topological polar surface area (TPSA) is 21.3 Å². The number of unbranched alkanes of at least 4 members (excludes halogenated alkanes) is 1. The van der Waals surface area contributed by atoms with E-state index < -0.39 is 0 Å². The van der Waals surface area contributed by atoms with Crippen LogP contribution in [0.5, 0.6) is 0 Å². The number of benzene rings is 1. The SMILES string of the molecule is COCCCCNC(C)c1ccc(F)cc1Cl. The van der Waals surface area contributed by atoms with E-state index in [1.807, 2.05) is 6.92 Å². The Kier molecular flexibility index (Phi) is 6.48. The third-order valence-electron chi connectivity index (χ3n) is 2.65. The van der Waals surface area contributed by atoms with Crippen LogP contribution in [0.2, 0.25) is 5.02 Å². The second-order valence-corrected chi connectivity index (χ2v) is 4.45. The van der Waals surface area contributed by atoms with Gasteiger partial charge in [0.15, 0.2) is 0 Å². The van der Waals surface area contributed by atoms with Gasteiger partial charge in [-0.2, -0.15) is 0 Å². The standard InChI is InChI=1S/C13H19ClFNO/c1-10(16-7-3-4-8-17-2)12-6-5-11(15)9-13(12)14/h5-6,9-10,16H,3-4,7-8H2,1-2H3. The van der Waals surface area contributed by atoms with Gasteiger partial charge in [-0.15, -0.1) is 0 Å². The highest BCUT2D eigenvalue weighted by Crippen LogP contribution is 2.23. The van der Waals surface area contributed by atoms with Crippen molar-refractivity contribution in [3.05, 3.63) is 34.6 Å². The van der Waals surface area contributed by atoms with Crippen LogP contribution in [-0.4, -0.2) is 20.3 Å². The molecule has 96 valence electrons. The molecule has 0 fully saturated rings. The molecule has 4 heteroatoms. The lowest BCUT2D eigenvalue weighted by atomic mass is 10.1. The molecule has 1 aromatic rings. The zero-order chi connectivity index (χ0) is 12.7. The first-order valence-corrected chi connectivity index (χ1v) is 6.20. The predicted molar refractivity (Wildman–Crippen MR) is 68.9 cm³/mol. The Bertz CT molecular complexity index is 346. The Morgan fingerprint density at radius 1 is 1.41 bits per heavy atom. The molecule has 0 amide bonds. The van der Waals surface area contributed by atoms with Crippen LogP contribution < -0.4 is 5.32 Å². The average Bonchev–Trinajstić information content (AvgIpc) is 2.28. The molecule has 0 aliphatic heterocycles. The van der Waals surface area contributed by atoms with Gasteiger partial charge >= 0.3 is 0 Å². The summed E-state index contributed by atoms with van der Waals surface area (Å²) in [6.07, 6.45) is 2.09. The van der Waals surface area contributed by atoms with Crippen LogP contribution >= 0.6 is 11.6 Å². The summed E-state index contributed by atoms with van der Waals surface area (Å²) in [5.41, 5.74) is 0.930. The van der Waals surface area contributed by atoms with Crippen LogP contribution in [0.15, 0.2) is 18.2 Å². The van der Waals surface area contributed by atoms with E-state index in [0.717, 1.165) is 31.6 Å². The van der Waals surface area contributed by atoms with Crippen LogP contribution in [0, 0.1) is 5.82 Å². The number of ether oxygens (including phenoxy) is 1. The summed E-state index contributed by atoms with van der Waals surface area (Å²) in [6, 6.07) is 4.64. The van der Waals surface area contributed by atoms with Gasteiger partial charge < -0.3 is 10.1 Å². The molecule has 1 N–H and O–H groups in total. The summed E-state index contributed by atoms with van der Waals surface area (Å²) in [6.45, 7) is 3.71. The van der Waals surface area contributed by atoms with Gasteiger partial charge in [0.2, 0.25) is 0 Å². The van der Waals surface area contributed by atoms with Crippen molar-refractivity contribution in [3.63, 3.8) is 0 Å². The van der Waals surface area contributed by atoms with E-state index in [1.54, 1.807) is 13.2 Å². The smallest absolute Gasteiger partial charge is 0.124 e. The number of hydrogen-bond acceptors (Lipinski definition) is 2. The van der Waals surface area contributed by atoms with Gasteiger partial charge in [-0.3, -0.25) is 0 Å². The Balaban J connectivity index is 2.38. The molecule has 0 saturated heterocycles. The van der Waals surface area contributed by atoms with Crippen molar-refractivity contribution >= 4 is 11.6 Å². The fourth-order valence-corrected chi connectivity index (χ4v) is 1.98. The second-order valence-electron chi connectivity index (χ2n) is 4.04. The average molecular weight is 260 g/mol. The van der Waals surface area contributed by atoms with Gasteiger partial charge in [0.1, 0.15) is 5.82 Å². The molecule has 1 rings (SSSR count). The summed E-state index contributed by atoms with van der Waals surface area (Å²) in [5.74, 6) is -0.300. The first kappa shape index (κ1) is 14.4. The maximum atomic E-state index is 12.9. The highest BCUT2D eigenvalue weighted by Gasteiger charge is 2.09. The first-order valence-electron chi connectivity index (χ1n) is 5.82. The van der Waals surface area contributed by atoms with Crippen molar-refractivity contribution in [3.8, 4) is 0 Å². The van der Waals surface area contributed by atoms with Crippen LogP contribution in [0.1, 0.15) is 31.4 Å². The van der Waals surface area contributed by atoms with Gasteiger partial charge in [-0.05, 0) is 44.0 Å². The summed E-state index contributed by atoms with van der Waals surface area (Å²) in [5, 5.41) is 3.83. The zero-order valence-corrected chi connectivity index (χ0v) is 11.1. The molecular weight excluding hydrogens is 241 g/mol. The van der Waals surface area contributed by atoms with E-state index in [1.165, 1.54) is 12.1 Å². The minimum absolute atomic E-state index is 0.130. The minimum Gasteiger partial charge on any atom is -0.385 e. The molecular formula is C13H19ClFNO. The minimum atomic E-state index is -0.300. The summed E-state index contributed by atoms with van der Waals surface area (Å²) in [4.78, 5) is 0. The largest absolute Gasteiger partial charge is 0.385 e. The van der Waals surface area contributed by atoms with E-state index in [4.69, 9.17) is 16.3 Å². The highest BCUT2D eigenvalue weighted by atomic mass is 35.5. The lowest BCUT2D eigenvalue weighted by Gasteiger charge is -2.15. The molecule has 2 nitrogen and oxygen atoms in total. The molecule has 0 saturated carbocycles. The van der Waals surface area contributed by atoms with Gasteiger partial charge in [0.05, 0.1) is 0 Å². The molecule has 0 bridgehead atoms. The fourth-order valence-electron chi connectivity index (χ4n) is 1.65. The number of methoxy groups -OCH3 is 1. The third-order valence-corrected chi connectivity index (χ3v) is 2.98. The van der Waals surface area contributed by atoms with Gasteiger partial charge in [0, 0.05) is 24.8 Å². The van der Waals surface area contributed by atoms with Crippen molar-refractivity contribution < 1.29 is 9.13 Å². The van der Waals surface area contributed by atoms with Crippen molar-refractivity contribution in [2.24, 2.45) is 0 Å². The summed E-state index contributed by atoms with van der Waals surface area (Å²) < 4.78 is 17.9. The summed E-state index contributed by atoms with van der Waals surface area (Å²) in [7, 11) is 1.70. The monoisotopic (exact) mass is 259 g/mol. The second kappa shape index (κ2) is 7.64. The normalized spacial score (nSPS) is 12.7. The highest BCUT2D eigenvalue weighted by molar-refractivity contribution is 6.31. The molecule has 0 heterocycles. The van der Waals surface area contributed by atoms with Crippen LogP contribution in [-0.2, 0) is 4.74 Å². The number of rotatable bonds is 7. The maximum Gasteiger partial charge on any atom is 0.124 e. The number of hydrogen-bond donors (Lipinski definition) is 1. The molecule has 1 atom stereocenters. The lowest BCUT2D eigenvalue weighted by Crippen LogP contribution is -2.20. The first-order chi connectivity index (χ1) is 8.15. The molecule has 0 radical (unpaired) electrons. The zero-order valence-electron chi connectivity index (χ0n) is 10.3. The lowest BCUT2D eigenvalue weighted by molar-refractivity contribution is 0.192. The van der Waals surface area contributed by atoms with Crippen LogP contribution in [0.4, 0.5) is 4.39 Å². The van der Waals surface area contributed by atoms with Crippen molar-refractivity contribution in [1.82, 2.24) is 5.32 Å². The predicted octanol–water partition coefficient (Wildman–Crippen LogP) is 3.56. The molecule has 0 aliphatic carbocycles. The third kappa shape index (κ3) is 5.02. The quantitative estimate of drug-likeness (QED) is 0.756. The van der Waals surface area contributed by atoms with Crippen molar-refractivity contribution in [1.29, 1.82) is 0 Å². The Hall–Kier alpha value is -0.640. The Morgan fingerprint density at radius 2 is 2.18 bits per heavy atom. The maximum absolute atomic E-state index is 12.9. The van der Waals surface area contributed by atoms with E-state index in [9.17, 15) is 4.39 Å². The molecule has 17 heavy (non-hydrogen) atoms. The molecule has 1 unspecified atom stereocenters. The molecule has 0 aliphatic rings. The fraction of sp³-hybridized carbons (Fsp3) is 0.538. The van der Waals surface area contributed by atoms with Crippen LogP contribution in [0.3, 0.4) is 0 Å². The van der Waals surface area contributed by atoms with Gasteiger partial charge in [-0.1, -0.05) is 17.7 Å².